The zero-order valence-corrected chi connectivity index (χ0v) is 17.1. The maximum atomic E-state index is 12.2. The number of anilines is 2. The lowest BCUT2D eigenvalue weighted by Gasteiger charge is -2.12. The topological polar surface area (TPSA) is 67.2 Å². The minimum Gasteiger partial charge on any atom is -0.359 e. The Morgan fingerprint density at radius 2 is 1.93 bits per heavy atom. The Bertz CT molecular complexity index is 870. The van der Waals surface area contributed by atoms with Crippen molar-refractivity contribution in [1.82, 2.24) is 5.16 Å². The van der Waals surface area contributed by atoms with Crippen molar-refractivity contribution >= 4 is 17.5 Å². The van der Waals surface area contributed by atoms with Crippen molar-refractivity contribution in [2.75, 3.05) is 10.6 Å². The first-order chi connectivity index (χ1) is 13.3. The maximum absolute atomic E-state index is 12.2. The number of aromatic nitrogens is 1. The zero-order chi connectivity index (χ0) is 20.1. The molecule has 1 atom stereocenters. The lowest BCUT2D eigenvalue weighted by molar-refractivity contribution is 0.262. The van der Waals surface area contributed by atoms with E-state index >= 15 is 0 Å². The number of hydrogen-bond acceptors (Lipinski definition) is 3. The highest BCUT2D eigenvalue weighted by atomic mass is 16.5. The summed E-state index contributed by atoms with van der Waals surface area (Å²) in [6.07, 6.45) is 10.0. The van der Waals surface area contributed by atoms with Crippen molar-refractivity contribution in [3.05, 3.63) is 65.5 Å². The average molecular weight is 380 g/mol. The van der Waals surface area contributed by atoms with Crippen LogP contribution < -0.4 is 10.6 Å². The van der Waals surface area contributed by atoms with Gasteiger partial charge >= 0.3 is 6.03 Å². The number of carbonyl (C=O) groups is 1. The lowest BCUT2D eigenvalue weighted by Crippen LogP contribution is -2.19. The number of amides is 2. The number of nitrogens with one attached hydrogen (secondary N) is 2. The van der Waals surface area contributed by atoms with Crippen LogP contribution in [0.15, 0.2) is 58.7 Å². The predicted molar refractivity (Wildman–Crippen MR) is 114 cm³/mol. The molecule has 3 rings (SSSR count). The molecule has 0 radical (unpaired) electrons. The molecule has 1 unspecified atom stereocenters. The highest BCUT2D eigenvalue weighted by Gasteiger charge is 2.20. The minimum atomic E-state index is -0.340. The van der Waals surface area contributed by atoms with Crippen molar-refractivity contribution in [3.8, 4) is 0 Å². The van der Waals surface area contributed by atoms with E-state index in [-0.39, 0.29) is 11.4 Å². The zero-order valence-electron chi connectivity index (χ0n) is 17.1. The van der Waals surface area contributed by atoms with Crippen LogP contribution in [0.4, 0.5) is 16.3 Å². The first-order valence-electron chi connectivity index (χ1n) is 9.81. The number of allylic oxidation sites excluding steroid dienone is 4. The van der Waals surface area contributed by atoms with Gasteiger partial charge in [-0.1, -0.05) is 68.8 Å². The number of hydrogen-bond donors (Lipinski definition) is 2. The van der Waals surface area contributed by atoms with Crippen LogP contribution in [0.2, 0.25) is 0 Å². The molecule has 1 aromatic heterocycles. The molecule has 28 heavy (non-hydrogen) atoms. The SMILES string of the molecule is CC1C=C(CCc2ccc(NC(=O)Nc3cc(C(C)(C)C)on3)cc2)C=CC1. The molecule has 0 saturated heterocycles. The smallest absolute Gasteiger partial charge is 0.324 e. The Morgan fingerprint density at radius 3 is 2.57 bits per heavy atom. The van der Waals surface area contributed by atoms with E-state index in [1.807, 2.05) is 32.9 Å². The van der Waals surface area contributed by atoms with Gasteiger partial charge in [0.25, 0.3) is 0 Å². The van der Waals surface area contributed by atoms with Gasteiger partial charge in [0.05, 0.1) is 0 Å². The standard InChI is InChI=1S/C23H29N3O2/c1-16-6-5-7-18(14-16)9-8-17-10-12-19(13-11-17)24-22(27)25-21-15-20(28-26-21)23(2,3)4/h5,7,10-16H,6,8-9H2,1-4H3,(H2,24,25,26,27). The van der Waals surface area contributed by atoms with E-state index < -0.39 is 0 Å². The van der Waals surface area contributed by atoms with E-state index in [0.717, 1.165) is 30.7 Å². The molecule has 148 valence electrons. The minimum absolute atomic E-state index is 0.152. The van der Waals surface area contributed by atoms with Crippen LogP contribution in [0.3, 0.4) is 0 Å². The Morgan fingerprint density at radius 1 is 1.18 bits per heavy atom. The monoisotopic (exact) mass is 379 g/mol. The van der Waals surface area contributed by atoms with E-state index in [4.69, 9.17) is 4.52 Å². The Kier molecular flexibility index (Phi) is 6.02. The molecule has 0 aliphatic heterocycles. The van der Waals surface area contributed by atoms with Gasteiger partial charge in [-0.05, 0) is 42.9 Å². The molecule has 2 N–H and O–H groups in total. The van der Waals surface area contributed by atoms with Crippen LogP contribution in [0.1, 0.15) is 51.9 Å². The first kappa shape index (κ1) is 19.9. The normalized spacial score (nSPS) is 16.6. The summed E-state index contributed by atoms with van der Waals surface area (Å²) in [5.74, 6) is 1.76. The van der Waals surface area contributed by atoms with Gasteiger partial charge in [-0.2, -0.15) is 0 Å². The molecule has 2 amide bonds. The van der Waals surface area contributed by atoms with Crippen LogP contribution in [0, 0.1) is 5.92 Å². The van der Waals surface area contributed by atoms with Crippen LogP contribution in [0.25, 0.3) is 0 Å². The Hall–Kier alpha value is -2.82. The third-order valence-corrected chi connectivity index (χ3v) is 4.74. The molecule has 1 aliphatic rings. The number of aryl methyl sites for hydroxylation is 1. The summed E-state index contributed by atoms with van der Waals surface area (Å²) in [5.41, 5.74) is 3.25. The summed E-state index contributed by atoms with van der Waals surface area (Å²) in [5, 5.41) is 9.42. The highest BCUT2D eigenvalue weighted by Crippen LogP contribution is 2.24. The van der Waals surface area contributed by atoms with Crippen LogP contribution in [0.5, 0.6) is 0 Å². The number of rotatable bonds is 5. The van der Waals surface area contributed by atoms with E-state index in [9.17, 15) is 4.79 Å². The second-order valence-corrected chi connectivity index (χ2v) is 8.46. The largest absolute Gasteiger partial charge is 0.359 e. The number of nitrogens with zero attached hydrogens (tertiary/aromatic N) is 1. The maximum Gasteiger partial charge on any atom is 0.324 e. The van der Waals surface area contributed by atoms with Gasteiger partial charge in [0.1, 0.15) is 5.76 Å². The molecule has 5 heteroatoms. The molecule has 2 aromatic rings. The molecule has 0 bridgehead atoms. The van der Waals surface area contributed by atoms with Crippen molar-refractivity contribution in [1.29, 1.82) is 0 Å². The molecule has 1 heterocycles. The van der Waals surface area contributed by atoms with Gasteiger partial charge in [-0.25, -0.2) is 4.79 Å². The predicted octanol–water partition coefficient (Wildman–Crippen LogP) is 6.07. The summed E-state index contributed by atoms with van der Waals surface area (Å²) >= 11 is 0. The molecule has 1 aliphatic carbocycles. The van der Waals surface area contributed by atoms with E-state index in [1.165, 1.54) is 11.1 Å². The van der Waals surface area contributed by atoms with Crippen molar-refractivity contribution in [3.63, 3.8) is 0 Å². The van der Waals surface area contributed by atoms with Crippen molar-refractivity contribution in [2.24, 2.45) is 5.92 Å². The van der Waals surface area contributed by atoms with Crippen molar-refractivity contribution in [2.45, 2.75) is 52.4 Å². The summed E-state index contributed by atoms with van der Waals surface area (Å²) in [6, 6.07) is 9.36. The van der Waals surface area contributed by atoms with Gasteiger partial charge in [0, 0.05) is 17.2 Å². The fourth-order valence-corrected chi connectivity index (χ4v) is 3.10. The van der Waals surface area contributed by atoms with Gasteiger partial charge < -0.3 is 9.84 Å². The fraction of sp³-hybridized carbons (Fsp3) is 0.391. The van der Waals surface area contributed by atoms with Crippen LogP contribution in [-0.2, 0) is 11.8 Å². The highest BCUT2D eigenvalue weighted by molar-refractivity contribution is 5.99. The van der Waals surface area contributed by atoms with E-state index in [1.54, 1.807) is 6.07 Å². The second-order valence-electron chi connectivity index (χ2n) is 8.46. The molecular weight excluding hydrogens is 350 g/mol. The molecule has 0 spiro atoms. The Labute approximate surface area is 166 Å². The summed E-state index contributed by atoms with van der Waals surface area (Å²) in [6.45, 7) is 8.33. The number of benzene rings is 1. The average Bonchev–Trinajstić information content (AvgIpc) is 3.10. The summed E-state index contributed by atoms with van der Waals surface area (Å²) in [4.78, 5) is 12.2. The molecule has 0 saturated carbocycles. The van der Waals surface area contributed by atoms with Gasteiger partial charge in [0.15, 0.2) is 5.82 Å². The van der Waals surface area contributed by atoms with Crippen molar-refractivity contribution < 1.29 is 9.32 Å². The first-order valence-corrected chi connectivity index (χ1v) is 9.81. The molecule has 1 aromatic carbocycles. The molecule has 5 nitrogen and oxygen atoms in total. The van der Waals surface area contributed by atoms with Crippen LogP contribution >= 0.6 is 0 Å². The number of carbonyl (C=O) groups excluding carboxylic acids is 1. The summed E-state index contributed by atoms with van der Waals surface area (Å²) in [7, 11) is 0. The third-order valence-electron chi connectivity index (χ3n) is 4.74. The molecule has 0 fully saturated rings. The molecular formula is C23H29N3O2. The number of urea groups is 1. The van der Waals surface area contributed by atoms with E-state index in [0.29, 0.717) is 11.7 Å². The Balaban J connectivity index is 1.50. The third kappa shape index (κ3) is 5.59. The van der Waals surface area contributed by atoms with Gasteiger partial charge in [-0.3, -0.25) is 5.32 Å². The van der Waals surface area contributed by atoms with Gasteiger partial charge in [-0.15, -0.1) is 0 Å². The van der Waals surface area contributed by atoms with E-state index in [2.05, 4.69) is 53.1 Å². The fourth-order valence-electron chi connectivity index (χ4n) is 3.10. The lowest BCUT2D eigenvalue weighted by atomic mass is 9.93. The summed E-state index contributed by atoms with van der Waals surface area (Å²) < 4.78 is 5.28. The second kappa shape index (κ2) is 8.46. The van der Waals surface area contributed by atoms with Crippen LogP contribution in [-0.4, -0.2) is 11.2 Å². The quantitative estimate of drug-likeness (QED) is 0.662. The van der Waals surface area contributed by atoms with Gasteiger partial charge in [0.2, 0.25) is 0 Å².